The van der Waals surface area contributed by atoms with E-state index in [2.05, 4.69) is 58.0 Å². The first-order valence-corrected chi connectivity index (χ1v) is 11.9. The molecule has 0 saturated carbocycles. The maximum Gasteiger partial charge on any atom is 0.191 e. The number of hydrogen-bond donors (Lipinski definition) is 2. The monoisotopic (exact) mass is 405 g/mol. The second-order valence-corrected chi connectivity index (χ2v) is 8.07. The van der Waals surface area contributed by atoms with Gasteiger partial charge in [-0.3, -0.25) is 4.99 Å². The molecule has 1 unspecified atom stereocenters. The fraction of sp³-hybridized carbons (Fsp3) is 0.864. The van der Waals surface area contributed by atoms with Crippen molar-refractivity contribution in [2.75, 3.05) is 32.7 Å². The fourth-order valence-electron chi connectivity index (χ4n) is 3.94. The first kappa shape index (κ1) is 23.6. The SMILES string of the molecule is CCNC(=NCCCc1nnc2n1CCCCC2)NC(C)CCCN(CC)CC. The third-order valence-electron chi connectivity index (χ3n) is 5.75. The van der Waals surface area contributed by atoms with E-state index in [0.717, 1.165) is 70.2 Å². The largest absolute Gasteiger partial charge is 0.357 e. The van der Waals surface area contributed by atoms with Crippen LogP contribution in [-0.2, 0) is 19.4 Å². The van der Waals surface area contributed by atoms with Crippen molar-refractivity contribution in [2.24, 2.45) is 4.99 Å². The second kappa shape index (κ2) is 13.6. The van der Waals surface area contributed by atoms with Crippen LogP contribution < -0.4 is 10.6 Å². The minimum Gasteiger partial charge on any atom is -0.357 e. The average Bonchev–Trinajstić information content (AvgIpc) is 2.94. The van der Waals surface area contributed by atoms with Gasteiger partial charge in [-0.1, -0.05) is 20.3 Å². The van der Waals surface area contributed by atoms with Gasteiger partial charge in [-0.25, -0.2) is 0 Å². The molecular weight excluding hydrogens is 362 g/mol. The minimum absolute atomic E-state index is 0.427. The lowest BCUT2D eigenvalue weighted by atomic mass is 10.2. The van der Waals surface area contributed by atoms with E-state index in [1.807, 2.05) is 0 Å². The van der Waals surface area contributed by atoms with Gasteiger partial charge >= 0.3 is 0 Å². The van der Waals surface area contributed by atoms with Gasteiger partial charge in [0.05, 0.1) is 0 Å². The zero-order valence-corrected chi connectivity index (χ0v) is 19.2. The van der Waals surface area contributed by atoms with E-state index in [0.29, 0.717) is 6.04 Å². The van der Waals surface area contributed by atoms with Crippen LogP contribution in [0.1, 0.15) is 77.9 Å². The molecule has 2 rings (SSSR count). The van der Waals surface area contributed by atoms with Crippen LogP contribution in [0.5, 0.6) is 0 Å². The summed E-state index contributed by atoms with van der Waals surface area (Å²) in [5.41, 5.74) is 0. The number of aromatic nitrogens is 3. The lowest BCUT2D eigenvalue weighted by molar-refractivity contribution is 0.292. The van der Waals surface area contributed by atoms with Crippen molar-refractivity contribution in [1.82, 2.24) is 30.3 Å². The summed E-state index contributed by atoms with van der Waals surface area (Å²) in [6.45, 7) is 15.1. The zero-order valence-electron chi connectivity index (χ0n) is 19.2. The van der Waals surface area contributed by atoms with Crippen LogP contribution in [0.2, 0.25) is 0 Å². The number of fused-ring (bicyclic) bond motifs is 1. The van der Waals surface area contributed by atoms with E-state index < -0.39 is 0 Å². The Hall–Kier alpha value is -1.63. The van der Waals surface area contributed by atoms with Crippen LogP contribution in [0.15, 0.2) is 4.99 Å². The van der Waals surface area contributed by atoms with Gasteiger partial charge in [0.2, 0.25) is 0 Å². The Labute approximate surface area is 177 Å². The maximum atomic E-state index is 4.79. The summed E-state index contributed by atoms with van der Waals surface area (Å²) in [6, 6.07) is 0.427. The summed E-state index contributed by atoms with van der Waals surface area (Å²) in [5, 5.41) is 15.8. The van der Waals surface area contributed by atoms with Gasteiger partial charge < -0.3 is 20.1 Å². The van der Waals surface area contributed by atoms with E-state index in [-0.39, 0.29) is 0 Å². The first-order chi connectivity index (χ1) is 14.2. The molecule has 2 heterocycles. The number of nitrogens with one attached hydrogen (secondary N) is 2. The summed E-state index contributed by atoms with van der Waals surface area (Å²) in [4.78, 5) is 7.27. The van der Waals surface area contributed by atoms with Crippen molar-refractivity contribution >= 4 is 5.96 Å². The van der Waals surface area contributed by atoms with Crippen LogP contribution in [-0.4, -0.2) is 64.4 Å². The lowest BCUT2D eigenvalue weighted by Crippen LogP contribution is -2.42. The Morgan fingerprint density at radius 3 is 2.72 bits per heavy atom. The molecule has 7 nitrogen and oxygen atoms in total. The highest BCUT2D eigenvalue weighted by atomic mass is 15.3. The number of aryl methyl sites for hydroxylation is 2. The number of aliphatic imine (C=N–C) groups is 1. The zero-order chi connectivity index (χ0) is 20.9. The second-order valence-electron chi connectivity index (χ2n) is 8.07. The van der Waals surface area contributed by atoms with E-state index in [9.17, 15) is 0 Å². The summed E-state index contributed by atoms with van der Waals surface area (Å²) >= 11 is 0. The maximum absolute atomic E-state index is 4.79. The highest BCUT2D eigenvalue weighted by Crippen LogP contribution is 2.15. The predicted molar refractivity (Wildman–Crippen MR) is 121 cm³/mol. The fourth-order valence-corrected chi connectivity index (χ4v) is 3.94. The van der Waals surface area contributed by atoms with Crippen LogP contribution >= 0.6 is 0 Å². The number of rotatable bonds is 12. The first-order valence-electron chi connectivity index (χ1n) is 11.9. The number of guanidine groups is 1. The third-order valence-corrected chi connectivity index (χ3v) is 5.75. The van der Waals surface area contributed by atoms with Crippen molar-refractivity contribution in [3.63, 3.8) is 0 Å². The highest BCUT2D eigenvalue weighted by molar-refractivity contribution is 5.80. The highest BCUT2D eigenvalue weighted by Gasteiger charge is 2.14. The molecule has 0 amide bonds. The summed E-state index contributed by atoms with van der Waals surface area (Å²) in [6.07, 6.45) is 9.20. The molecule has 1 aromatic heterocycles. The van der Waals surface area contributed by atoms with Gasteiger partial charge in [-0.2, -0.15) is 0 Å². The molecule has 1 aliphatic rings. The third kappa shape index (κ3) is 8.33. The van der Waals surface area contributed by atoms with E-state index in [1.54, 1.807) is 0 Å². The van der Waals surface area contributed by atoms with Crippen molar-refractivity contribution in [3.8, 4) is 0 Å². The molecule has 0 aliphatic carbocycles. The van der Waals surface area contributed by atoms with Gasteiger partial charge in [-0.05, 0) is 65.6 Å². The molecule has 1 atom stereocenters. The van der Waals surface area contributed by atoms with Crippen molar-refractivity contribution < 1.29 is 0 Å². The normalized spacial score (nSPS) is 15.8. The van der Waals surface area contributed by atoms with Crippen molar-refractivity contribution in [2.45, 2.75) is 91.6 Å². The molecule has 1 aromatic rings. The van der Waals surface area contributed by atoms with E-state index in [4.69, 9.17) is 4.99 Å². The van der Waals surface area contributed by atoms with Crippen molar-refractivity contribution in [1.29, 1.82) is 0 Å². The quantitative estimate of drug-likeness (QED) is 0.318. The molecule has 0 radical (unpaired) electrons. The van der Waals surface area contributed by atoms with Crippen LogP contribution in [0, 0.1) is 0 Å². The number of hydrogen-bond acceptors (Lipinski definition) is 4. The number of nitrogens with zero attached hydrogens (tertiary/aromatic N) is 5. The molecular formula is C22H43N7. The lowest BCUT2D eigenvalue weighted by Gasteiger charge is -2.21. The van der Waals surface area contributed by atoms with Crippen LogP contribution in [0.25, 0.3) is 0 Å². The molecule has 29 heavy (non-hydrogen) atoms. The average molecular weight is 406 g/mol. The Balaban J connectivity index is 1.75. The molecule has 0 bridgehead atoms. The Morgan fingerprint density at radius 2 is 1.97 bits per heavy atom. The molecule has 0 fully saturated rings. The smallest absolute Gasteiger partial charge is 0.191 e. The van der Waals surface area contributed by atoms with Crippen LogP contribution in [0.4, 0.5) is 0 Å². The van der Waals surface area contributed by atoms with Gasteiger partial charge in [0.1, 0.15) is 11.6 Å². The molecule has 1 aliphatic heterocycles. The minimum atomic E-state index is 0.427. The van der Waals surface area contributed by atoms with Gasteiger partial charge in [0.25, 0.3) is 0 Å². The van der Waals surface area contributed by atoms with Gasteiger partial charge in [0, 0.05) is 38.5 Å². The molecule has 0 aromatic carbocycles. The molecule has 7 heteroatoms. The van der Waals surface area contributed by atoms with Crippen LogP contribution in [0.3, 0.4) is 0 Å². The standard InChI is InChI=1S/C22H43N7/c1-5-23-22(25-19(4)13-12-17-28(6-2)7-3)24-16-11-15-21-27-26-20-14-9-8-10-18-29(20)21/h19H,5-18H2,1-4H3,(H2,23,24,25). The summed E-state index contributed by atoms with van der Waals surface area (Å²) in [7, 11) is 0. The Morgan fingerprint density at radius 1 is 1.14 bits per heavy atom. The van der Waals surface area contributed by atoms with Crippen molar-refractivity contribution in [3.05, 3.63) is 11.6 Å². The topological polar surface area (TPSA) is 70.4 Å². The van der Waals surface area contributed by atoms with Gasteiger partial charge in [-0.15, -0.1) is 10.2 Å². The van der Waals surface area contributed by atoms with Gasteiger partial charge in [0.15, 0.2) is 5.96 Å². The summed E-state index contributed by atoms with van der Waals surface area (Å²) in [5.74, 6) is 3.25. The molecule has 0 saturated heterocycles. The van der Waals surface area contributed by atoms with E-state index in [1.165, 1.54) is 38.1 Å². The Bertz CT molecular complexity index is 592. The Kier molecular flexibility index (Phi) is 11.1. The molecule has 166 valence electrons. The summed E-state index contributed by atoms with van der Waals surface area (Å²) < 4.78 is 2.35. The predicted octanol–water partition coefficient (Wildman–Crippen LogP) is 3.00. The molecule has 2 N–H and O–H groups in total. The molecule has 0 spiro atoms. The van der Waals surface area contributed by atoms with E-state index >= 15 is 0 Å².